The molecule has 50 heavy (non-hydrogen) atoms. The molecule has 3 heterocycles. The second-order valence-corrected chi connectivity index (χ2v) is 12.9. The molecule has 0 radical (unpaired) electrons. The van der Waals surface area contributed by atoms with Crippen LogP contribution in [0, 0.1) is 0 Å². The third kappa shape index (κ3) is 4.71. The zero-order valence-electron chi connectivity index (χ0n) is 27.2. The fraction of sp³-hybridized carbons (Fsp3) is 0. The smallest absolute Gasteiger partial charge is 0.0715 e. The van der Waals surface area contributed by atoms with Crippen molar-refractivity contribution in [2.75, 3.05) is 0 Å². The maximum Gasteiger partial charge on any atom is 0.0715 e. The fourth-order valence-corrected chi connectivity index (χ4v) is 7.47. The van der Waals surface area contributed by atoms with Crippen LogP contribution in [0.3, 0.4) is 0 Å². The van der Waals surface area contributed by atoms with Crippen LogP contribution in [0.25, 0.3) is 94.1 Å². The first-order chi connectivity index (χ1) is 24.8. The molecule has 234 valence electrons. The number of aromatic nitrogens is 3. The van der Waals surface area contributed by atoms with Crippen LogP contribution < -0.4 is 0 Å². The van der Waals surface area contributed by atoms with Gasteiger partial charge in [0.1, 0.15) is 0 Å². The summed E-state index contributed by atoms with van der Waals surface area (Å²) in [5.74, 6) is 0. The molecule has 0 aliphatic carbocycles. The molecule has 0 spiro atoms. The molecule has 0 aliphatic rings. The lowest BCUT2D eigenvalue weighted by Gasteiger charge is -2.12. The number of fused-ring (bicyclic) bond motifs is 6. The van der Waals surface area contributed by atoms with Crippen molar-refractivity contribution in [3.8, 4) is 50.5 Å². The lowest BCUT2D eigenvalue weighted by Crippen LogP contribution is -1.94. The zero-order valence-corrected chi connectivity index (χ0v) is 27.2. The van der Waals surface area contributed by atoms with Crippen molar-refractivity contribution in [1.29, 1.82) is 0 Å². The number of nitrogens with one attached hydrogen (secondary N) is 1. The van der Waals surface area contributed by atoms with Gasteiger partial charge in [0.25, 0.3) is 0 Å². The van der Waals surface area contributed by atoms with Crippen molar-refractivity contribution < 1.29 is 0 Å². The molecule has 10 rings (SSSR count). The molecule has 0 aliphatic heterocycles. The standard InChI is InChI=1S/C47H31N3/c1-3-11-32(12-4-1)44-29-36(30-45(49-44)33-13-5-2-6-14-33)31-19-23-37(24-20-31)50-46-18-10-8-16-39(46)41-28-35(22-26-47(41)50)34-21-25-43-40(27-34)38-15-7-9-17-42(38)48-43/h1-30,48H. The van der Waals surface area contributed by atoms with Crippen molar-refractivity contribution in [3.63, 3.8) is 0 Å². The van der Waals surface area contributed by atoms with Gasteiger partial charge in [-0.2, -0.15) is 0 Å². The highest BCUT2D eigenvalue weighted by Crippen LogP contribution is 2.37. The van der Waals surface area contributed by atoms with Crippen molar-refractivity contribution in [2.24, 2.45) is 0 Å². The van der Waals surface area contributed by atoms with Gasteiger partial charge in [-0.3, -0.25) is 0 Å². The molecule has 0 saturated heterocycles. The van der Waals surface area contributed by atoms with E-state index in [0.717, 1.165) is 44.8 Å². The van der Waals surface area contributed by atoms with Crippen LogP contribution in [0.5, 0.6) is 0 Å². The Morgan fingerprint density at radius 3 is 1.60 bits per heavy atom. The van der Waals surface area contributed by atoms with E-state index in [1.807, 2.05) is 12.1 Å². The summed E-state index contributed by atoms with van der Waals surface area (Å²) in [6, 6.07) is 65.1. The van der Waals surface area contributed by atoms with Crippen LogP contribution in [0.2, 0.25) is 0 Å². The number of rotatable bonds is 5. The van der Waals surface area contributed by atoms with Crippen LogP contribution in [-0.2, 0) is 0 Å². The van der Waals surface area contributed by atoms with E-state index in [4.69, 9.17) is 4.98 Å². The summed E-state index contributed by atoms with van der Waals surface area (Å²) in [7, 11) is 0. The van der Waals surface area contributed by atoms with E-state index >= 15 is 0 Å². The number of hydrogen-bond donors (Lipinski definition) is 1. The predicted molar refractivity (Wildman–Crippen MR) is 210 cm³/mol. The summed E-state index contributed by atoms with van der Waals surface area (Å²) in [5, 5.41) is 5.00. The van der Waals surface area contributed by atoms with Gasteiger partial charge >= 0.3 is 0 Å². The average Bonchev–Trinajstić information content (AvgIpc) is 3.73. The molecule has 3 nitrogen and oxygen atoms in total. The molecule has 0 fully saturated rings. The Balaban J connectivity index is 1.07. The van der Waals surface area contributed by atoms with Gasteiger partial charge in [-0.1, -0.05) is 121 Å². The number of benzene rings is 7. The molecule has 0 bridgehead atoms. The average molecular weight is 638 g/mol. The SMILES string of the molecule is c1ccc(-c2cc(-c3ccc(-n4c5ccccc5c5cc(-c6ccc7[nH]c8ccccc8c7c6)ccc54)cc3)cc(-c3ccccc3)n2)cc1. The third-order valence-electron chi connectivity index (χ3n) is 9.94. The minimum absolute atomic E-state index is 0.966. The van der Waals surface area contributed by atoms with Gasteiger partial charge < -0.3 is 9.55 Å². The van der Waals surface area contributed by atoms with Crippen LogP contribution in [0.4, 0.5) is 0 Å². The molecule has 0 atom stereocenters. The topological polar surface area (TPSA) is 33.6 Å². The molecular formula is C47H31N3. The second kappa shape index (κ2) is 11.5. The second-order valence-electron chi connectivity index (χ2n) is 12.9. The quantitative estimate of drug-likeness (QED) is 0.200. The lowest BCUT2D eigenvalue weighted by atomic mass is 9.99. The van der Waals surface area contributed by atoms with E-state index in [-0.39, 0.29) is 0 Å². The summed E-state index contributed by atoms with van der Waals surface area (Å²) < 4.78 is 2.39. The minimum atomic E-state index is 0.966. The third-order valence-corrected chi connectivity index (χ3v) is 9.94. The Kier molecular flexibility index (Phi) is 6.49. The van der Waals surface area contributed by atoms with E-state index in [1.165, 1.54) is 49.2 Å². The molecule has 3 aromatic heterocycles. The van der Waals surface area contributed by atoms with Gasteiger partial charge in [0.05, 0.1) is 22.4 Å². The van der Waals surface area contributed by atoms with Crippen LogP contribution in [-0.4, -0.2) is 14.5 Å². The van der Waals surface area contributed by atoms with Gasteiger partial charge in [0.15, 0.2) is 0 Å². The van der Waals surface area contributed by atoms with E-state index in [2.05, 4.69) is 179 Å². The van der Waals surface area contributed by atoms with Gasteiger partial charge in [0.2, 0.25) is 0 Å². The highest BCUT2D eigenvalue weighted by Gasteiger charge is 2.15. The summed E-state index contributed by atoms with van der Waals surface area (Å²) in [6.45, 7) is 0. The Bertz CT molecular complexity index is 2790. The zero-order chi connectivity index (χ0) is 33.0. The Morgan fingerprint density at radius 1 is 0.340 bits per heavy atom. The van der Waals surface area contributed by atoms with Gasteiger partial charge in [-0.15, -0.1) is 0 Å². The number of aromatic amines is 1. The molecule has 1 N–H and O–H groups in total. The Labute approximate surface area is 289 Å². The van der Waals surface area contributed by atoms with Crippen LogP contribution in [0.15, 0.2) is 182 Å². The lowest BCUT2D eigenvalue weighted by molar-refractivity contribution is 1.18. The predicted octanol–water partition coefficient (Wildman–Crippen LogP) is 12.5. The van der Waals surface area contributed by atoms with Crippen molar-refractivity contribution >= 4 is 43.6 Å². The maximum absolute atomic E-state index is 5.07. The molecule has 3 heteroatoms. The highest BCUT2D eigenvalue weighted by atomic mass is 15.0. The minimum Gasteiger partial charge on any atom is -0.355 e. The molecular weight excluding hydrogens is 607 g/mol. The monoisotopic (exact) mass is 637 g/mol. The summed E-state index contributed by atoms with van der Waals surface area (Å²) >= 11 is 0. The van der Waals surface area contributed by atoms with Crippen LogP contribution in [0.1, 0.15) is 0 Å². The number of hydrogen-bond acceptors (Lipinski definition) is 1. The van der Waals surface area contributed by atoms with Gasteiger partial charge in [-0.05, 0) is 82.9 Å². The highest BCUT2D eigenvalue weighted by molar-refractivity contribution is 6.12. The first-order valence-electron chi connectivity index (χ1n) is 17.0. The van der Waals surface area contributed by atoms with E-state index in [9.17, 15) is 0 Å². The number of H-pyrrole nitrogens is 1. The van der Waals surface area contributed by atoms with Crippen molar-refractivity contribution in [2.45, 2.75) is 0 Å². The first kappa shape index (κ1) is 28.3. The number of pyridine rings is 1. The molecule has 0 saturated carbocycles. The Hall–Kier alpha value is -6.71. The normalized spacial score (nSPS) is 11.6. The molecule has 0 unspecified atom stereocenters. The molecule has 0 amide bonds. The van der Waals surface area contributed by atoms with Crippen molar-refractivity contribution in [3.05, 3.63) is 182 Å². The van der Waals surface area contributed by atoms with Gasteiger partial charge in [-0.25, -0.2) is 4.98 Å². The Morgan fingerprint density at radius 2 is 0.880 bits per heavy atom. The van der Waals surface area contributed by atoms with Crippen LogP contribution >= 0.6 is 0 Å². The maximum atomic E-state index is 5.07. The number of nitrogens with zero attached hydrogens (tertiary/aromatic N) is 2. The van der Waals surface area contributed by atoms with E-state index in [1.54, 1.807) is 0 Å². The van der Waals surface area contributed by atoms with Crippen molar-refractivity contribution in [1.82, 2.24) is 14.5 Å². The number of para-hydroxylation sites is 2. The summed E-state index contributed by atoms with van der Waals surface area (Å²) in [4.78, 5) is 8.63. The van der Waals surface area contributed by atoms with E-state index < -0.39 is 0 Å². The first-order valence-corrected chi connectivity index (χ1v) is 17.0. The summed E-state index contributed by atoms with van der Waals surface area (Å²) in [6.07, 6.45) is 0. The van der Waals surface area contributed by atoms with Gasteiger partial charge in [0, 0.05) is 49.4 Å². The molecule has 10 aromatic rings. The largest absolute Gasteiger partial charge is 0.355 e. The van der Waals surface area contributed by atoms with E-state index in [0.29, 0.717) is 0 Å². The molecule has 7 aromatic carbocycles. The fourth-order valence-electron chi connectivity index (χ4n) is 7.47. The summed E-state index contributed by atoms with van der Waals surface area (Å²) in [5.41, 5.74) is 14.7.